The molecule has 22 nitrogen and oxygen atoms in total. The molecule has 4 atom stereocenters. The smallest absolute Gasteiger partial charge is 0.170 e. The Balaban J connectivity index is 0.000000216. The van der Waals surface area contributed by atoms with E-state index in [-0.39, 0.29) is 23.3 Å². The van der Waals surface area contributed by atoms with Crippen LogP contribution in [-0.2, 0) is 31.2 Å². The van der Waals surface area contributed by atoms with Gasteiger partial charge in [0.1, 0.15) is 58.1 Å². The zero-order chi connectivity index (χ0) is 53.5. The molecule has 74 heavy (non-hydrogen) atoms. The number of methoxy groups -OCH3 is 4. The van der Waals surface area contributed by atoms with Crippen molar-refractivity contribution in [2.45, 2.75) is 75.8 Å². The average Bonchev–Trinajstić information content (AvgIpc) is 4.00. The maximum atomic E-state index is 13.5. The van der Waals surface area contributed by atoms with Gasteiger partial charge in [0.05, 0.1) is 38.9 Å². The number of nitrogens with zero attached hydrogens (tertiary/aromatic N) is 12. The highest BCUT2D eigenvalue weighted by atomic mass is 32.2. The third-order valence-electron chi connectivity index (χ3n) is 11.8. The lowest BCUT2D eigenvalue weighted by Gasteiger charge is -2.20. The van der Waals surface area contributed by atoms with Crippen LogP contribution in [0.1, 0.15) is 71.6 Å². The topological polar surface area (TPSA) is 284 Å². The number of sulfone groups is 2. The normalized spacial score (nSPS) is 13.2. The first-order chi connectivity index (χ1) is 35.3. The fourth-order valence-corrected chi connectivity index (χ4v) is 10.3. The molecule has 388 valence electrons. The molecule has 8 aromatic rings. The van der Waals surface area contributed by atoms with Gasteiger partial charge in [-0.05, 0) is 100 Å². The highest BCUT2D eigenvalue weighted by Crippen LogP contribution is 2.39. The van der Waals surface area contributed by atoms with Gasteiger partial charge in [-0.1, -0.05) is 12.1 Å². The third kappa shape index (κ3) is 11.7. The van der Waals surface area contributed by atoms with E-state index in [0.29, 0.717) is 57.1 Å². The number of rotatable bonds is 18. The van der Waals surface area contributed by atoms with E-state index >= 15 is 0 Å². The molecule has 0 saturated carbocycles. The summed E-state index contributed by atoms with van der Waals surface area (Å²) in [5, 5.41) is 36.2. The van der Waals surface area contributed by atoms with Gasteiger partial charge in [0.15, 0.2) is 54.6 Å². The molecule has 0 bridgehead atoms. The van der Waals surface area contributed by atoms with E-state index in [4.69, 9.17) is 18.9 Å². The molecule has 2 N–H and O–H groups in total. The van der Waals surface area contributed by atoms with Crippen molar-refractivity contribution in [3.05, 3.63) is 144 Å². The third-order valence-corrected chi connectivity index (χ3v) is 15.9. The molecular formula is C50H56N12O10S2. The highest BCUT2D eigenvalue weighted by Gasteiger charge is 2.36. The number of aromatic nitrogens is 12. The van der Waals surface area contributed by atoms with Crippen LogP contribution in [0.5, 0.6) is 23.0 Å². The molecule has 2 aromatic carbocycles. The summed E-state index contributed by atoms with van der Waals surface area (Å²) in [7, 11) is -1.91. The number of aliphatic hydroxyl groups excluding tert-OH is 2. The van der Waals surface area contributed by atoms with Crippen molar-refractivity contribution in [1.82, 2.24) is 59.4 Å². The zero-order valence-electron chi connectivity index (χ0n) is 42.3. The molecule has 8 rings (SSSR count). The lowest BCUT2D eigenvalue weighted by atomic mass is 10.2. The van der Waals surface area contributed by atoms with Crippen molar-refractivity contribution < 1.29 is 46.0 Å². The van der Waals surface area contributed by atoms with Crippen LogP contribution in [0.4, 0.5) is 0 Å². The summed E-state index contributed by atoms with van der Waals surface area (Å²) >= 11 is 0. The molecule has 6 aromatic heterocycles. The van der Waals surface area contributed by atoms with Crippen molar-refractivity contribution in [3.63, 3.8) is 0 Å². The van der Waals surface area contributed by atoms with Gasteiger partial charge < -0.3 is 29.2 Å². The fraction of sp³-hybridized carbons (Fsp3) is 0.320. The van der Waals surface area contributed by atoms with E-state index in [0.717, 1.165) is 22.3 Å². The van der Waals surface area contributed by atoms with Crippen LogP contribution in [0, 0.1) is 27.7 Å². The molecule has 0 spiro atoms. The number of ether oxygens (including phenoxy) is 4. The molecule has 0 aliphatic heterocycles. The molecule has 24 heteroatoms. The van der Waals surface area contributed by atoms with Crippen LogP contribution in [0.25, 0.3) is 34.2 Å². The molecule has 0 aliphatic carbocycles. The Bertz CT molecular complexity index is 3190. The Labute approximate surface area is 428 Å². The second kappa shape index (κ2) is 23.0. The van der Waals surface area contributed by atoms with E-state index in [9.17, 15) is 27.0 Å². The second-order valence-electron chi connectivity index (χ2n) is 17.2. The molecule has 0 amide bonds. The second-order valence-corrected chi connectivity index (χ2v) is 21.9. The van der Waals surface area contributed by atoms with Gasteiger partial charge in [-0.25, -0.2) is 36.8 Å². The van der Waals surface area contributed by atoms with Gasteiger partial charge in [-0.2, -0.15) is 0 Å². The Kier molecular flexibility index (Phi) is 16.7. The minimum atomic E-state index is -3.97. The molecule has 0 radical (unpaired) electrons. The van der Waals surface area contributed by atoms with Crippen LogP contribution < -0.4 is 18.9 Å². The maximum absolute atomic E-state index is 13.5. The van der Waals surface area contributed by atoms with Crippen LogP contribution in [-0.4, -0.2) is 125 Å². The van der Waals surface area contributed by atoms with Gasteiger partial charge in [-0.15, -0.1) is 20.4 Å². The van der Waals surface area contributed by atoms with E-state index in [1.165, 1.54) is 67.1 Å². The number of benzene rings is 2. The van der Waals surface area contributed by atoms with Gasteiger partial charge in [0, 0.05) is 60.7 Å². The summed E-state index contributed by atoms with van der Waals surface area (Å²) < 4.78 is 79.5. The average molecular weight is 1050 g/mol. The Morgan fingerprint density at radius 3 is 1.11 bits per heavy atom. The van der Waals surface area contributed by atoms with Crippen molar-refractivity contribution in [1.29, 1.82) is 0 Å². The fourth-order valence-electron chi connectivity index (χ4n) is 7.67. The monoisotopic (exact) mass is 1050 g/mol. The SMILES string of the molecule is COc1cccc(OC)c1-n1c(CS(=O)(=O)[C@@H](C)[C@H](O)c2ncc(C)cn2)nnc1-c1cncc(C)c1.COc1cccc(OC)c1-n1c(CS(=O)(=O)[C@H](C)[C@@H](O)c2ncc(C)cn2)nnc1-c1cncc(C)c1. The van der Waals surface area contributed by atoms with Crippen molar-refractivity contribution in [2.24, 2.45) is 0 Å². The minimum absolute atomic E-state index is 0.0288. The number of para-hydroxylation sites is 2. The van der Waals surface area contributed by atoms with Gasteiger partial charge in [0.25, 0.3) is 0 Å². The van der Waals surface area contributed by atoms with Crippen LogP contribution >= 0.6 is 0 Å². The number of hydrogen-bond acceptors (Lipinski definition) is 20. The van der Waals surface area contributed by atoms with Crippen LogP contribution in [0.3, 0.4) is 0 Å². The largest absolute Gasteiger partial charge is 0.494 e. The molecular weight excluding hydrogens is 993 g/mol. The number of hydrogen-bond donors (Lipinski definition) is 2. The van der Waals surface area contributed by atoms with Crippen molar-refractivity contribution in [2.75, 3.05) is 28.4 Å². The summed E-state index contributed by atoms with van der Waals surface area (Å²) in [5.41, 5.74) is 5.51. The maximum Gasteiger partial charge on any atom is 0.170 e. The summed E-state index contributed by atoms with van der Waals surface area (Å²) in [5.74, 6) is 1.69. The standard InChI is InChI=1S/2C25H28N6O5S/c2*1-15-9-18(13-26-10-15)25-30-29-21(31(25)22-19(35-4)7-6-8-20(22)36-5)14-37(33,34)17(3)23(32)24-27-11-16(2)12-28-24/h2*6-13,17,23,32H,14H2,1-5H3/t2*17-,23-/m10/s1. The Morgan fingerprint density at radius 2 is 0.811 bits per heavy atom. The van der Waals surface area contributed by atoms with Crippen molar-refractivity contribution >= 4 is 19.7 Å². The number of pyridine rings is 2. The molecule has 0 unspecified atom stereocenters. The Morgan fingerprint density at radius 1 is 0.486 bits per heavy atom. The summed E-state index contributed by atoms with van der Waals surface area (Å²) in [6, 6.07) is 14.2. The zero-order valence-corrected chi connectivity index (χ0v) is 43.9. The number of aryl methyl sites for hydroxylation is 4. The molecule has 6 heterocycles. The Hall–Kier alpha value is -7.80. The summed E-state index contributed by atoms with van der Waals surface area (Å²) in [6.45, 7) is 10.2. The first-order valence-corrected chi connectivity index (χ1v) is 26.3. The van der Waals surface area contributed by atoms with Crippen molar-refractivity contribution in [3.8, 4) is 57.1 Å². The predicted octanol–water partition coefficient (Wildman–Crippen LogP) is 5.58. The lowest BCUT2D eigenvalue weighted by Crippen LogP contribution is -2.29. The van der Waals surface area contributed by atoms with E-state index in [1.807, 2.05) is 26.0 Å². The van der Waals surface area contributed by atoms with E-state index in [2.05, 4.69) is 50.3 Å². The highest BCUT2D eigenvalue weighted by molar-refractivity contribution is 7.91. The quantitative estimate of drug-likeness (QED) is 0.106. The first-order valence-electron chi connectivity index (χ1n) is 22.8. The molecule has 0 saturated heterocycles. The lowest BCUT2D eigenvalue weighted by molar-refractivity contribution is 0.165. The van der Waals surface area contributed by atoms with E-state index < -0.39 is 53.9 Å². The minimum Gasteiger partial charge on any atom is -0.494 e. The van der Waals surface area contributed by atoms with Gasteiger partial charge in [0.2, 0.25) is 0 Å². The van der Waals surface area contributed by atoms with E-state index in [1.54, 1.807) is 84.2 Å². The molecule has 0 fully saturated rings. The van der Waals surface area contributed by atoms with Gasteiger partial charge >= 0.3 is 0 Å². The van der Waals surface area contributed by atoms with Crippen LogP contribution in [0.2, 0.25) is 0 Å². The summed E-state index contributed by atoms with van der Waals surface area (Å²) in [4.78, 5) is 24.8. The predicted molar refractivity (Wildman–Crippen MR) is 272 cm³/mol. The number of aliphatic hydroxyl groups is 2. The van der Waals surface area contributed by atoms with Gasteiger partial charge in [-0.3, -0.25) is 19.1 Å². The van der Waals surface area contributed by atoms with Crippen LogP contribution in [0.15, 0.2) is 98.1 Å². The first kappa shape index (κ1) is 54.0. The molecule has 0 aliphatic rings. The summed E-state index contributed by atoms with van der Waals surface area (Å²) in [6.07, 6.45) is 9.89.